The van der Waals surface area contributed by atoms with Crippen molar-refractivity contribution in [3.63, 3.8) is 0 Å². The number of hydrogen-bond acceptors (Lipinski definition) is 6. The van der Waals surface area contributed by atoms with Gasteiger partial charge in [-0.3, -0.25) is 4.79 Å². The summed E-state index contributed by atoms with van der Waals surface area (Å²) in [4.78, 5) is 18.2. The second kappa shape index (κ2) is 6.04. The van der Waals surface area contributed by atoms with Crippen LogP contribution in [-0.4, -0.2) is 36.4 Å². The first kappa shape index (κ1) is 15.2. The Balaban J connectivity index is 2.76. The van der Waals surface area contributed by atoms with Gasteiger partial charge in [0, 0.05) is 12.1 Å². The summed E-state index contributed by atoms with van der Waals surface area (Å²) in [7, 11) is 4.45. The van der Waals surface area contributed by atoms with Gasteiger partial charge in [0.1, 0.15) is 27.3 Å². The molecule has 2 N–H and O–H groups in total. The molecule has 1 heterocycles. The van der Waals surface area contributed by atoms with E-state index in [1.807, 2.05) is 0 Å². The van der Waals surface area contributed by atoms with Gasteiger partial charge in [-0.15, -0.1) is 0 Å². The van der Waals surface area contributed by atoms with Crippen molar-refractivity contribution in [2.45, 2.75) is 0 Å². The summed E-state index contributed by atoms with van der Waals surface area (Å²) in [6, 6.07) is 3.24. The monoisotopic (exact) mass is 356 g/mol. The molecule has 0 amide bonds. The van der Waals surface area contributed by atoms with Crippen LogP contribution in [0.2, 0.25) is 0 Å². The summed E-state index contributed by atoms with van der Waals surface area (Å²) in [6.07, 6.45) is 0. The molecule has 1 aromatic heterocycles. The SMILES string of the molecule is COc1cc(OC)c(-c2nc(O)c(Br)c(=O)[nH]2)c(OC)c1. The number of halogens is 1. The van der Waals surface area contributed by atoms with Crippen molar-refractivity contribution >= 4 is 15.9 Å². The van der Waals surface area contributed by atoms with E-state index in [9.17, 15) is 9.90 Å². The first-order valence-corrected chi connectivity index (χ1v) is 6.60. The second-order valence-electron chi connectivity index (χ2n) is 3.96. The topological polar surface area (TPSA) is 93.7 Å². The van der Waals surface area contributed by atoms with Crippen molar-refractivity contribution in [2.75, 3.05) is 21.3 Å². The molecule has 2 rings (SSSR count). The Morgan fingerprint density at radius 3 is 2.14 bits per heavy atom. The number of H-pyrrole nitrogens is 1. The molecule has 0 saturated heterocycles. The minimum Gasteiger partial charge on any atom is -0.496 e. The molecule has 2 aromatic rings. The van der Waals surface area contributed by atoms with Crippen molar-refractivity contribution in [3.8, 4) is 34.5 Å². The largest absolute Gasteiger partial charge is 0.496 e. The highest BCUT2D eigenvalue weighted by molar-refractivity contribution is 9.10. The summed E-state index contributed by atoms with van der Waals surface area (Å²) in [5.41, 5.74) is -0.113. The van der Waals surface area contributed by atoms with Crippen molar-refractivity contribution in [2.24, 2.45) is 0 Å². The molecule has 0 unspecified atom stereocenters. The van der Waals surface area contributed by atoms with E-state index in [4.69, 9.17) is 14.2 Å². The lowest BCUT2D eigenvalue weighted by atomic mass is 10.1. The molecule has 0 fully saturated rings. The van der Waals surface area contributed by atoms with E-state index in [0.29, 0.717) is 22.8 Å². The minimum atomic E-state index is -0.516. The lowest BCUT2D eigenvalue weighted by Gasteiger charge is -2.14. The van der Waals surface area contributed by atoms with Crippen LogP contribution >= 0.6 is 15.9 Å². The zero-order valence-corrected chi connectivity index (χ0v) is 13.1. The zero-order chi connectivity index (χ0) is 15.6. The highest BCUT2D eigenvalue weighted by Gasteiger charge is 2.19. The number of hydrogen-bond donors (Lipinski definition) is 2. The highest BCUT2D eigenvalue weighted by Crippen LogP contribution is 2.40. The molecule has 0 aliphatic rings. The smallest absolute Gasteiger partial charge is 0.269 e. The maximum Gasteiger partial charge on any atom is 0.269 e. The van der Waals surface area contributed by atoms with Gasteiger partial charge in [0.05, 0.1) is 21.3 Å². The van der Waals surface area contributed by atoms with Crippen LogP contribution in [0.3, 0.4) is 0 Å². The van der Waals surface area contributed by atoms with E-state index in [0.717, 1.165) is 0 Å². The minimum absolute atomic E-state index is 0.0438. The van der Waals surface area contributed by atoms with E-state index in [2.05, 4.69) is 25.9 Å². The first-order valence-electron chi connectivity index (χ1n) is 5.81. The molecule has 0 aliphatic carbocycles. The van der Waals surface area contributed by atoms with Crippen LogP contribution in [-0.2, 0) is 0 Å². The number of aromatic hydroxyl groups is 1. The number of methoxy groups -OCH3 is 3. The molecule has 0 saturated carbocycles. The van der Waals surface area contributed by atoms with Gasteiger partial charge < -0.3 is 24.3 Å². The predicted octanol–water partition coefficient (Wildman–Crippen LogP) is 1.93. The first-order chi connectivity index (χ1) is 10.0. The summed E-state index contributed by atoms with van der Waals surface area (Å²) < 4.78 is 15.7. The van der Waals surface area contributed by atoms with Gasteiger partial charge in [-0.25, -0.2) is 0 Å². The van der Waals surface area contributed by atoms with Gasteiger partial charge in [0.15, 0.2) is 5.82 Å². The van der Waals surface area contributed by atoms with Crippen LogP contribution in [0, 0.1) is 0 Å². The Hall–Kier alpha value is -2.22. The summed E-state index contributed by atoms with van der Waals surface area (Å²) in [6.45, 7) is 0. The van der Waals surface area contributed by atoms with Gasteiger partial charge in [0.2, 0.25) is 5.88 Å². The Bertz CT molecular complexity index is 704. The van der Waals surface area contributed by atoms with Gasteiger partial charge in [-0.1, -0.05) is 0 Å². The van der Waals surface area contributed by atoms with Crippen LogP contribution in [0.15, 0.2) is 21.4 Å². The Kier molecular flexibility index (Phi) is 4.37. The molecule has 0 bridgehead atoms. The van der Waals surface area contributed by atoms with Crippen LogP contribution in [0.4, 0.5) is 0 Å². The molecule has 0 radical (unpaired) electrons. The number of rotatable bonds is 4. The van der Waals surface area contributed by atoms with E-state index in [-0.39, 0.29) is 10.3 Å². The normalized spacial score (nSPS) is 10.3. The second-order valence-corrected chi connectivity index (χ2v) is 4.75. The average Bonchev–Trinajstić information content (AvgIpc) is 2.50. The third-order valence-corrected chi connectivity index (χ3v) is 3.51. The lowest BCUT2D eigenvalue weighted by Crippen LogP contribution is -2.10. The highest BCUT2D eigenvalue weighted by atomic mass is 79.9. The molecule has 1 aromatic carbocycles. The standard InChI is InChI=1S/C13H13BrN2O5/c1-19-6-4-7(20-2)9(8(5-6)21-3)11-15-12(17)10(14)13(18)16-11/h4-5H,1-3H3,(H2,15,16,17,18). The molecule has 21 heavy (non-hydrogen) atoms. The Morgan fingerprint density at radius 2 is 1.71 bits per heavy atom. The number of nitrogens with one attached hydrogen (secondary N) is 1. The van der Waals surface area contributed by atoms with Crippen molar-refractivity contribution in [3.05, 3.63) is 27.0 Å². The van der Waals surface area contributed by atoms with E-state index >= 15 is 0 Å². The van der Waals surface area contributed by atoms with Crippen molar-refractivity contribution < 1.29 is 19.3 Å². The zero-order valence-electron chi connectivity index (χ0n) is 11.6. The molecular weight excluding hydrogens is 344 g/mol. The third kappa shape index (κ3) is 2.80. The maximum absolute atomic E-state index is 11.7. The van der Waals surface area contributed by atoms with Gasteiger partial charge in [0.25, 0.3) is 5.56 Å². The molecular formula is C13H13BrN2O5. The van der Waals surface area contributed by atoms with E-state index < -0.39 is 11.4 Å². The van der Waals surface area contributed by atoms with E-state index in [1.54, 1.807) is 12.1 Å². The van der Waals surface area contributed by atoms with Crippen LogP contribution in [0.25, 0.3) is 11.4 Å². The maximum atomic E-state index is 11.7. The quantitative estimate of drug-likeness (QED) is 0.869. The van der Waals surface area contributed by atoms with Crippen LogP contribution in [0.1, 0.15) is 0 Å². The fourth-order valence-electron chi connectivity index (χ4n) is 1.80. The number of ether oxygens (including phenoxy) is 3. The Labute approximate surface area is 128 Å². The molecule has 112 valence electrons. The number of aromatic nitrogens is 2. The fraction of sp³-hybridized carbons (Fsp3) is 0.231. The summed E-state index contributed by atoms with van der Waals surface area (Å²) >= 11 is 2.94. The summed E-state index contributed by atoms with van der Waals surface area (Å²) in [5, 5.41) is 9.69. The number of benzene rings is 1. The van der Waals surface area contributed by atoms with Crippen LogP contribution in [0.5, 0.6) is 23.1 Å². The lowest BCUT2D eigenvalue weighted by molar-refractivity contribution is 0.377. The molecule has 0 atom stereocenters. The average molecular weight is 357 g/mol. The van der Waals surface area contributed by atoms with Crippen LogP contribution < -0.4 is 19.8 Å². The Morgan fingerprint density at radius 1 is 1.14 bits per heavy atom. The number of aromatic amines is 1. The van der Waals surface area contributed by atoms with Crippen molar-refractivity contribution in [1.29, 1.82) is 0 Å². The fourth-order valence-corrected chi connectivity index (χ4v) is 1.99. The molecule has 8 heteroatoms. The molecule has 0 spiro atoms. The molecule has 7 nitrogen and oxygen atoms in total. The van der Waals surface area contributed by atoms with Gasteiger partial charge >= 0.3 is 0 Å². The number of nitrogens with zero attached hydrogens (tertiary/aromatic N) is 1. The molecule has 0 aliphatic heterocycles. The van der Waals surface area contributed by atoms with E-state index in [1.165, 1.54) is 21.3 Å². The van der Waals surface area contributed by atoms with Gasteiger partial charge in [-0.2, -0.15) is 4.98 Å². The predicted molar refractivity (Wildman–Crippen MR) is 79.3 cm³/mol. The van der Waals surface area contributed by atoms with Crippen molar-refractivity contribution in [1.82, 2.24) is 9.97 Å². The van der Waals surface area contributed by atoms with Gasteiger partial charge in [-0.05, 0) is 15.9 Å². The summed E-state index contributed by atoms with van der Waals surface area (Å²) in [5.74, 6) is 0.994. The third-order valence-electron chi connectivity index (χ3n) is 2.80.